The molecule has 0 radical (unpaired) electrons. The van der Waals surface area contributed by atoms with E-state index in [0.29, 0.717) is 18.3 Å². The minimum absolute atomic E-state index is 0.205. The Morgan fingerprint density at radius 2 is 1.69 bits per heavy atom. The average Bonchev–Trinajstić information content (AvgIpc) is 2.71. The van der Waals surface area contributed by atoms with Crippen LogP contribution in [0.4, 0.5) is 27.7 Å². The number of aromatic nitrogens is 3. The van der Waals surface area contributed by atoms with Gasteiger partial charge in [0.2, 0.25) is 11.9 Å². The Kier molecular flexibility index (Phi) is 5.53. The van der Waals surface area contributed by atoms with E-state index in [-0.39, 0.29) is 11.8 Å². The van der Waals surface area contributed by atoms with Crippen LogP contribution in [0.25, 0.3) is 0 Å². The number of hydrogen-bond donors (Lipinski definition) is 2. The highest BCUT2D eigenvalue weighted by Crippen LogP contribution is 2.19. The highest BCUT2D eigenvalue weighted by Gasteiger charge is 2.19. The van der Waals surface area contributed by atoms with Crippen molar-refractivity contribution in [3.05, 3.63) is 65.7 Å². The maximum Gasteiger partial charge on any atom is 0.232 e. The highest BCUT2D eigenvalue weighted by molar-refractivity contribution is 5.58. The number of halogens is 1. The predicted molar refractivity (Wildman–Crippen MR) is 113 cm³/mol. The van der Waals surface area contributed by atoms with E-state index in [1.807, 2.05) is 43.3 Å². The molecule has 1 aromatic heterocycles. The molecule has 2 heterocycles. The molecule has 1 aliphatic rings. The zero-order chi connectivity index (χ0) is 20.2. The van der Waals surface area contributed by atoms with Crippen LogP contribution < -0.4 is 16.0 Å². The third-order valence-electron chi connectivity index (χ3n) is 5.02. The monoisotopic (exact) mass is 393 g/mol. The third kappa shape index (κ3) is 4.78. The number of rotatable bonds is 5. The van der Waals surface area contributed by atoms with E-state index >= 15 is 0 Å². The molecule has 3 N–H and O–H groups in total. The van der Waals surface area contributed by atoms with E-state index in [1.54, 1.807) is 0 Å². The molecule has 29 heavy (non-hydrogen) atoms. The lowest BCUT2D eigenvalue weighted by molar-refractivity contribution is 0.244. The fourth-order valence-electron chi connectivity index (χ4n) is 3.41. The number of piperazine rings is 1. The van der Waals surface area contributed by atoms with Crippen molar-refractivity contribution in [2.24, 2.45) is 0 Å². The first-order valence-corrected chi connectivity index (χ1v) is 9.63. The molecule has 0 spiro atoms. The summed E-state index contributed by atoms with van der Waals surface area (Å²) in [6.07, 6.45) is 0. The Hall–Kier alpha value is -3.26. The van der Waals surface area contributed by atoms with Crippen LogP contribution >= 0.6 is 0 Å². The summed E-state index contributed by atoms with van der Waals surface area (Å²) >= 11 is 0. The maximum atomic E-state index is 13.1. The van der Waals surface area contributed by atoms with E-state index in [9.17, 15) is 4.39 Å². The van der Waals surface area contributed by atoms with Crippen molar-refractivity contribution in [3.63, 3.8) is 0 Å². The zero-order valence-electron chi connectivity index (χ0n) is 16.3. The quantitative estimate of drug-likeness (QED) is 0.689. The minimum Gasteiger partial charge on any atom is -0.369 e. The first-order chi connectivity index (χ1) is 14.1. The van der Waals surface area contributed by atoms with Crippen molar-refractivity contribution < 1.29 is 4.39 Å². The maximum absolute atomic E-state index is 13.1. The standard InChI is InChI=1S/C21H24FN7/c1-15-4-2-3-5-18(15)24-21-26-19(25-20(23)27-21)14-28-10-12-29(13-11-28)17-8-6-16(22)7-9-17/h2-9H,10-14H2,1H3,(H3,23,24,25,26,27). The van der Waals surface area contributed by atoms with E-state index in [0.717, 1.165) is 43.1 Å². The fourth-order valence-corrected chi connectivity index (χ4v) is 3.41. The molecule has 7 nitrogen and oxygen atoms in total. The van der Waals surface area contributed by atoms with E-state index in [1.165, 1.54) is 12.1 Å². The van der Waals surface area contributed by atoms with Crippen LogP contribution in [0.3, 0.4) is 0 Å². The van der Waals surface area contributed by atoms with Crippen LogP contribution in [0.2, 0.25) is 0 Å². The number of nitrogen functional groups attached to an aromatic ring is 1. The highest BCUT2D eigenvalue weighted by atomic mass is 19.1. The molecule has 0 amide bonds. The average molecular weight is 393 g/mol. The molecule has 3 aromatic rings. The van der Waals surface area contributed by atoms with Crippen molar-refractivity contribution in [1.29, 1.82) is 0 Å². The Labute approximate surface area is 169 Å². The normalized spacial score (nSPS) is 14.8. The molecule has 0 bridgehead atoms. The molecule has 0 saturated carbocycles. The number of para-hydroxylation sites is 1. The van der Waals surface area contributed by atoms with Gasteiger partial charge in [-0.05, 0) is 42.8 Å². The molecule has 1 fully saturated rings. The first kappa shape index (κ1) is 19.1. The second-order valence-corrected chi connectivity index (χ2v) is 7.11. The van der Waals surface area contributed by atoms with Gasteiger partial charge in [0.1, 0.15) is 11.6 Å². The largest absolute Gasteiger partial charge is 0.369 e. The number of nitrogens with one attached hydrogen (secondary N) is 1. The van der Waals surface area contributed by atoms with Crippen LogP contribution in [0.1, 0.15) is 11.4 Å². The van der Waals surface area contributed by atoms with Crippen molar-refractivity contribution >= 4 is 23.3 Å². The van der Waals surface area contributed by atoms with E-state index < -0.39 is 0 Å². The van der Waals surface area contributed by atoms with Crippen LogP contribution in [0.15, 0.2) is 48.5 Å². The van der Waals surface area contributed by atoms with E-state index in [2.05, 4.69) is 30.1 Å². The van der Waals surface area contributed by atoms with Gasteiger partial charge in [-0.3, -0.25) is 4.90 Å². The van der Waals surface area contributed by atoms with Gasteiger partial charge in [-0.2, -0.15) is 15.0 Å². The number of hydrogen-bond acceptors (Lipinski definition) is 7. The van der Waals surface area contributed by atoms with E-state index in [4.69, 9.17) is 5.73 Å². The van der Waals surface area contributed by atoms with Crippen molar-refractivity contribution in [3.8, 4) is 0 Å². The molecule has 1 aliphatic heterocycles. The Bertz CT molecular complexity index is 969. The van der Waals surface area contributed by atoms with Crippen LogP contribution in [-0.2, 0) is 6.54 Å². The SMILES string of the molecule is Cc1ccccc1Nc1nc(N)nc(CN2CCN(c3ccc(F)cc3)CC2)n1. The molecule has 0 atom stereocenters. The first-order valence-electron chi connectivity index (χ1n) is 9.63. The molecule has 0 aliphatic carbocycles. The summed E-state index contributed by atoms with van der Waals surface area (Å²) in [5.41, 5.74) is 8.99. The van der Waals surface area contributed by atoms with Crippen LogP contribution in [-0.4, -0.2) is 46.0 Å². The number of nitrogens with two attached hydrogens (primary N) is 1. The summed E-state index contributed by atoms with van der Waals surface area (Å²) in [7, 11) is 0. The van der Waals surface area contributed by atoms with Crippen molar-refractivity contribution in [1.82, 2.24) is 19.9 Å². The molecule has 150 valence electrons. The Morgan fingerprint density at radius 1 is 0.966 bits per heavy atom. The summed E-state index contributed by atoms with van der Waals surface area (Å²) in [5, 5.41) is 3.22. The number of nitrogens with zero attached hydrogens (tertiary/aromatic N) is 5. The van der Waals surface area contributed by atoms with Crippen molar-refractivity contribution in [2.75, 3.05) is 42.1 Å². The van der Waals surface area contributed by atoms with Crippen LogP contribution in [0, 0.1) is 12.7 Å². The Balaban J connectivity index is 1.39. The summed E-state index contributed by atoms with van der Waals surface area (Å²) in [6, 6.07) is 14.6. The number of aryl methyl sites for hydroxylation is 1. The molecular formula is C21H24FN7. The lowest BCUT2D eigenvalue weighted by atomic mass is 10.2. The number of benzene rings is 2. The van der Waals surface area contributed by atoms with Gasteiger partial charge in [-0.1, -0.05) is 18.2 Å². The summed E-state index contributed by atoms with van der Waals surface area (Å²) in [6.45, 7) is 6.08. The molecule has 1 saturated heterocycles. The predicted octanol–water partition coefficient (Wildman–Crippen LogP) is 2.97. The lowest BCUT2D eigenvalue weighted by Crippen LogP contribution is -2.46. The van der Waals surface area contributed by atoms with Gasteiger partial charge in [0, 0.05) is 37.6 Å². The third-order valence-corrected chi connectivity index (χ3v) is 5.02. The fraction of sp³-hybridized carbons (Fsp3) is 0.286. The zero-order valence-corrected chi connectivity index (χ0v) is 16.3. The summed E-state index contributed by atoms with van der Waals surface area (Å²) in [5.74, 6) is 1.08. The summed E-state index contributed by atoms with van der Waals surface area (Å²) < 4.78 is 13.1. The van der Waals surface area contributed by atoms with Gasteiger partial charge in [-0.25, -0.2) is 4.39 Å². The molecular weight excluding hydrogens is 369 g/mol. The second kappa shape index (κ2) is 8.40. The Morgan fingerprint density at radius 3 is 2.41 bits per heavy atom. The van der Waals surface area contributed by atoms with Gasteiger partial charge >= 0.3 is 0 Å². The molecule has 4 rings (SSSR count). The van der Waals surface area contributed by atoms with Crippen LogP contribution in [0.5, 0.6) is 0 Å². The minimum atomic E-state index is -0.213. The van der Waals surface area contributed by atoms with Gasteiger partial charge in [0.15, 0.2) is 0 Å². The van der Waals surface area contributed by atoms with Gasteiger partial charge in [0.05, 0.1) is 6.54 Å². The van der Waals surface area contributed by atoms with Gasteiger partial charge < -0.3 is 16.0 Å². The van der Waals surface area contributed by atoms with Crippen molar-refractivity contribution in [2.45, 2.75) is 13.5 Å². The summed E-state index contributed by atoms with van der Waals surface area (Å²) in [4.78, 5) is 17.6. The second-order valence-electron chi connectivity index (χ2n) is 7.11. The molecule has 0 unspecified atom stereocenters. The number of anilines is 4. The van der Waals surface area contributed by atoms with Gasteiger partial charge in [-0.15, -0.1) is 0 Å². The molecule has 2 aromatic carbocycles. The topological polar surface area (TPSA) is 83.2 Å². The van der Waals surface area contributed by atoms with Gasteiger partial charge in [0.25, 0.3) is 0 Å². The molecule has 8 heteroatoms. The lowest BCUT2D eigenvalue weighted by Gasteiger charge is -2.35. The smallest absolute Gasteiger partial charge is 0.232 e.